The van der Waals surface area contributed by atoms with Crippen molar-refractivity contribution in [3.8, 4) is 0 Å². The number of nitrogens with one attached hydrogen (secondary N) is 2. The molecule has 0 bridgehead atoms. The van der Waals surface area contributed by atoms with Crippen LogP contribution in [0.1, 0.15) is 20.8 Å². The molecule has 7 heteroatoms. The van der Waals surface area contributed by atoms with Crippen LogP contribution in [0.3, 0.4) is 0 Å². The van der Waals surface area contributed by atoms with Gasteiger partial charge in [-0.1, -0.05) is 11.6 Å². The van der Waals surface area contributed by atoms with Gasteiger partial charge in [-0.2, -0.15) is 0 Å². The van der Waals surface area contributed by atoms with Crippen molar-refractivity contribution in [1.82, 2.24) is 10.3 Å². The number of thiophene rings is 1. The third-order valence-electron chi connectivity index (χ3n) is 2.58. The quantitative estimate of drug-likeness (QED) is 0.459. The fourth-order valence-corrected chi connectivity index (χ4v) is 2.60. The van der Waals surface area contributed by atoms with Gasteiger partial charge in [0.1, 0.15) is 11.0 Å². The third-order valence-corrected chi connectivity index (χ3v) is 3.80. The van der Waals surface area contributed by atoms with Crippen molar-refractivity contribution >= 4 is 34.7 Å². The van der Waals surface area contributed by atoms with E-state index in [0.29, 0.717) is 17.9 Å². The van der Waals surface area contributed by atoms with Gasteiger partial charge in [-0.15, -0.1) is 11.3 Å². The summed E-state index contributed by atoms with van der Waals surface area (Å²) in [7, 11) is 0. The number of hydrazine groups is 1. The van der Waals surface area contributed by atoms with Gasteiger partial charge in [0.25, 0.3) is 5.91 Å². The van der Waals surface area contributed by atoms with Crippen molar-refractivity contribution in [3.63, 3.8) is 0 Å². The second-order valence-corrected chi connectivity index (χ2v) is 5.31. The second-order valence-electron chi connectivity index (χ2n) is 3.92. The minimum atomic E-state index is -0.214. The molecule has 0 saturated heterocycles. The Bertz CT molecular complexity index is 599. The molecular formula is C12H13ClN4OS. The number of anilines is 1. The average molecular weight is 297 g/mol. The molecule has 2 rings (SSSR count). The van der Waals surface area contributed by atoms with Gasteiger partial charge in [0, 0.05) is 10.4 Å². The second kappa shape index (κ2) is 6.01. The molecule has 4 N–H and O–H groups in total. The minimum absolute atomic E-state index is 0.214. The number of nitrogens with zero attached hydrogens (tertiary/aromatic N) is 1. The summed E-state index contributed by atoms with van der Waals surface area (Å²) in [4.78, 5) is 17.1. The van der Waals surface area contributed by atoms with E-state index in [-0.39, 0.29) is 11.1 Å². The van der Waals surface area contributed by atoms with Crippen molar-refractivity contribution in [2.45, 2.75) is 13.5 Å². The summed E-state index contributed by atoms with van der Waals surface area (Å²) < 4.78 is 0. The van der Waals surface area contributed by atoms with E-state index >= 15 is 0 Å². The van der Waals surface area contributed by atoms with E-state index in [1.807, 2.05) is 18.4 Å². The van der Waals surface area contributed by atoms with Crippen molar-refractivity contribution in [2.75, 3.05) is 5.43 Å². The van der Waals surface area contributed by atoms with Crippen LogP contribution >= 0.6 is 22.9 Å². The lowest BCUT2D eigenvalue weighted by Gasteiger charge is -2.07. The summed E-state index contributed by atoms with van der Waals surface area (Å²) in [5.41, 5.74) is 3.96. The normalized spacial score (nSPS) is 10.3. The maximum atomic E-state index is 12.0. The highest BCUT2D eigenvalue weighted by molar-refractivity contribution is 7.10. The predicted octanol–water partition coefficient (Wildman–Crippen LogP) is 2.32. The van der Waals surface area contributed by atoms with E-state index in [2.05, 4.69) is 15.7 Å². The Morgan fingerprint density at radius 2 is 2.32 bits per heavy atom. The first-order chi connectivity index (χ1) is 9.10. The van der Waals surface area contributed by atoms with Crippen LogP contribution in [0.4, 0.5) is 5.82 Å². The fourth-order valence-electron chi connectivity index (χ4n) is 1.55. The summed E-state index contributed by atoms with van der Waals surface area (Å²) in [6.45, 7) is 2.51. The number of pyridine rings is 1. The molecule has 0 spiro atoms. The summed E-state index contributed by atoms with van der Waals surface area (Å²) in [5, 5.41) is 5.05. The third kappa shape index (κ3) is 3.44. The van der Waals surface area contributed by atoms with Gasteiger partial charge in [-0.05, 0) is 36.1 Å². The van der Waals surface area contributed by atoms with Crippen LogP contribution in [-0.2, 0) is 6.54 Å². The highest BCUT2D eigenvalue weighted by Gasteiger charge is 2.09. The van der Waals surface area contributed by atoms with Crippen LogP contribution in [0.2, 0.25) is 5.15 Å². The molecule has 0 fully saturated rings. The number of carbonyl (C=O) groups is 1. The zero-order valence-corrected chi connectivity index (χ0v) is 11.8. The van der Waals surface area contributed by atoms with Crippen molar-refractivity contribution in [3.05, 3.63) is 44.7 Å². The number of hydrogen-bond donors (Lipinski definition) is 3. The number of amides is 1. The SMILES string of the molecule is Cc1ccsc1CNC(=O)c1cc(Cl)nc(NN)c1. The molecule has 0 aromatic carbocycles. The zero-order chi connectivity index (χ0) is 13.8. The highest BCUT2D eigenvalue weighted by atomic mass is 35.5. The molecule has 2 aromatic heterocycles. The van der Waals surface area contributed by atoms with E-state index in [1.54, 1.807) is 17.4 Å². The molecule has 100 valence electrons. The van der Waals surface area contributed by atoms with Gasteiger partial charge in [-0.25, -0.2) is 10.8 Å². The number of aryl methyl sites for hydroxylation is 1. The molecule has 19 heavy (non-hydrogen) atoms. The smallest absolute Gasteiger partial charge is 0.251 e. The number of nitrogens with two attached hydrogens (primary N) is 1. The van der Waals surface area contributed by atoms with Crippen molar-refractivity contribution in [1.29, 1.82) is 0 Å². The van der Waals surface area contributed by atoms with E-state index in [9.17, 15) is 4.79 Å². The largest absolute Gasteiger partial charge is 0.347 e. The Labute approximate surface area is 119 Å². The number of rotatable bonds is 4. The first-order valence-electron chi connectivity index (χ1n) is 5.55. The van der Waals surface area contributed by atoms with E-state index < -0.39 is 0 Å². The van der Waals surface area contributed by atoms with Crippen LogP contribution in [-0.4, -0.2) is 10.9 Å². The number of nitrogen functional groups attached to an aromatic ring is 1. The van der Waals surface area contributed by atoms with E-state index in [1.165, 1.54) is 11.6 Å². The average Bonchev–Trinajstić information content (AvgIpc) is 2.80. The molecular weight excluding hydrogens is 284 g/mol. The Morgan fingerprint density at radius 3 is 2.95 bits per heavy atom. The number of carbonyl (C=O) groups excluding carboxylic acids is 1. The van der Waals surface area contributed by atoms with E-state index in [4.69, 9.17) is 17.4 Å². The van der Waals surface area contributed by atoms with Gasteiger partial charge in [0.15, 0.2) is 0 Å². The van der Waals surface area contributed by atoms with E-state index in [0.717, 1.165) is 4.88 Å². The van der Waals surface area contributed by atoms with Crippen molar-refractivity contribution in [2.24, 2.45) is 5.84 Å². The Kier molecular flexibility index (Phi) is 4.36. The molecule has 5 nitrogen and oxygen atoms in total. The van der Waals surface area contributed by atoms with Crippen LogP contribution in [0.25, 0.3) is 0 Å². The Hall–Kier alpha value is -1.63. The lowest BCUT2D eigenvalue weighted by atomic mass is 10.2. The molecule has 2 heterocycles. The monoisotopic (exact) mass is 296 g/mol. The minimum Gasteiger partial charge on any atom is -0.347 e. The maximum Gasteiger partial charge on any atom is 0.251 e. The number of halogens is 1. The molecule has 0 radical (unpaired) electrons. The van der Waals surface area contributed by atoms with Gasteiger partial charge < -0.3 is 10.7 Å². The molecule has 0 aliphatic carbocycles. The Morgan fingerprint density at radius 1 is 1.53 bits per heavy atom. The van der Waals surface area contributed by atoms with Crippen LogP contribution in [0.15, 0.2) is 23.6 Å². The number of hydrogen-bond acceptors (Lipinski definition) is 5. The fraction of sp³-hybridized carbons (Fsp3) is 0.167. The lowest BCUT2D eigenvalue weighted by Crippen LogP contribution is -2.23. The predicted molar refractivity (Wildman–Crippen MR) is 77.3 cm³/mol. The molecule has 0 aliphatic rings. The van der Waals surface area contributed by atoms with Gasteiger partial charge >= 0.3 is 0 Å². The summed E-state index contributed by atoms with van der Waals surface area (Å²) in [6, 6.07) is 5.06. The molecule has 1 amide bonds. The highest BCUT2D eigenvalue weighted by Crippen LogP contribution is 2.16. The summed E-state index contributed by atoms with van der Waals surface area (Å²) in [6.07, 6.45) is 0. The first-order valence-corrected chi connectivity index (χ1v) is 6.81. The molecule has 0 unspecified atom stereocenters. The standard InChI is InChI=1S/C12H13ClN4OS/c1-7-2-3-19-9(7)6-15-12(18)8-4-10(13)16-11(5-8)17-14/h2-5H,6,14H2,1H3,(H,15,18)(H,16,17). The van der Waals surface area contributed by atoms with Crippen molar-refractivity contribution < 1.29 is 4.79 Å². The Balaban J connectivity index is 2.08. The molecule has 0 atom stereocenters. The number of aromatic nitrogens is 1. The van der Waals surface area contributed by atoms with Gasteiger partial charge in [0.05, 0.1) is 6.54 Å². The lowest BCUT2D eigenvalue weighted by molar-refractivity contribution is 0.0951. The molecule has 2 aromatic rings. The van der Waals surface area contributed by atoms with Crippen LogP contribution in [0, 0.1) is 6.92 Å². The summed E-state index contributed by atoms with van der Waals surface area (Å²) in [5.74, 6) is 5.40. The zero-order valence-electron chi connectivity index (χ0n) is 10.2. The van der Waals surface area contributed by atoms with Crippen LogP contribution < -0.4 is 16.6 Å². The summed E-state index contributed by atoms with van der Waals surface area (Å²) >= 11 is 7.43. The molecule has 0 aliphatic heterocycles. The van der Waals surface area contributed by atoms with Crippen LogP contribution in [0.5, 0.6) is 0 Å². The topological polar surface area (TPSA) is 80.0 Å². The van der Waals surface area contributed by atoms with Gasteiger partial charge in [0.2, 0.25) is 0 Å². The first kappa shape index (κ1) is 13.8. The molecule has 0 saturated carbocycles. The maximum absolute atomic E-state index is 12.0. The van der Waals surface area contributed by atoms with Gasteiger partial charge in [-0.3, -0.25) is 4.79 Å².